The van der Waals surface area contributed by atoms with Gasteiger partial charge in [-0.15, -0.1) is 0 Å². The van der Waals surface area contributed by atoms with Crippen LogP contribution in [0.2, 0.25) is 0 Å². The maximum absolute atomic E-state index is 12.8. The fourth-order valence-electron chi connectivity index (χ4n) is 2.35. The van der Waals surface area contributed by atoms with E-state index in [0.717, 1.165) is 0 Å². The van der Waals surface area contributed by atoms with E-state index in [-0.39, 0.29) is 6.04 Å². The summed E-state index contributed by atoms with van der Waals surface area (Å²) >= 11 is 0. The Balaban J connectivity index is 2.55. The summed E-state index contributed by atoms with van der Waals surface area (Å²) < 4.78 is 28.3. The Bertz CT molecular complexity index is 641. The highest BCUT2D eigenvalue weighted by Crippen LogP contribution is 2.30. The molecule has 0 bridgehead atoms. The van der Waals surface area contributed by atoms with Crippen molar-refractivity contribution in [2.24, 2.45) is 5.16 Å². The zero-order valence-electron chi connectivity index (χ0n) is 12.5. The number of oxime groups is 1. The first-order valence-electron chi connectivity index (χ1n) is 6.95. The number of nitrogens with zero attached hydrogens (tertiary/aromatic N) is 3. The van der Waals surface area contributed by atoms with E-state index in [1.54, 1.807) is 25.2 Å². The van der Waals surface area contributed by atoms with Crippen LogP contribution in [0.5, 0.6) is 0 Å². The summed E-state index contributed by atoms with van der Waals surface area (Å²) in [5.41, 5.74) is 1.75. The van der Waals surface area contributed by atoms with Gasteiger partial charge < -0.3 is 5.21 Å². The maximum Gasteiger partial charge on any atom is 0.304 e. The lowest BCUT2D eigenvalue weighted by Gasteiger charge is -2.31. The molecular formula is C14H21N3O3S. The summed E-state index contributed by atoms with van der Waals surface area (Å²) in [6.07, 6.45) is 1.16. The van der Waals surface area contributed by atoms with E-state index in [1.807, 2.05) is 19.9 Å². The fraction of sp³-hybridized carbons (Fsp3) is 0.500. The Kier molecular flexibility index (Phi) is 4.53. The van der Waals surface area contributed by atoms with Crippen LogP contribution in [-0.2, 0) is 10.2 Å². The van der Waals surface area contributed by atoms with Crippen molar-refractivity contribution >= 4 is 21.6 Å². The molecule has 0 saturated carbocycles. The molecule has 0 amide bonds. The molecule has 0 aliphatic carbocycles. The molecule has 6 nitrogen and oxygen atoms in total. The molecular weight excluding hydrogens is 290 g/mol. The molecule has 7 heteroatoms. The highest BCUT2D eigenvalue weighted by atomic mass is 32.2. The molecule has 2 rings (SSSR count). The van der Waals surface area contributed by atoms with Gasteiger partial charge in [0.15, 0.2) is 0 Å². The summed E-state index contributed by atoms with van der Waals surface area (Å²) in [7, 11) is -2.02. The predicted molar refractivity (Wildman–Crippen MR) is 83.2 cm³/mol. The Morgan fingerprint density at radius 2 is 2.00 bits per heavy atom. The molecule has 0 fully saturated rings. The number of anilines is 1. The molecule has 1 aliphatic heterocycles. The monoisotopic (exact) mass is 311 g/mol. The van der Waals surface area contributed by atoms with Gasteiger partial charge in [-0.2, -0.15) is 12.7 Å². The van der Waals surface area contributed by atoms with Gasteiger partial charge in [0.05, 0.1) is 11.4 Å². The minimum absolute atomic E-state index is 0.128. The quantitative estimate of drug-likeness (QED) is 0.686. The molecule has 0 spiro atoms. The molecule has 116 valence electrons. The fourth-order valence-corrected chi connectivity index (χ4v) is 3.96. The molecule has 0 saturated heterocycles. The van der Waals surface area contributed by atoms with Crippen molar-refractivity contribution in [3.63, 3.8) is 0 Å². The van der Waals surface area contributed by atoms with E-state index < -0.39 is 10.2 Å². The summed E-state index contributed by atoms with van der Waals surface area (Å²) in [5.74, 6) is 0. The normalized spacial score (nSPS) is 18.1. The van der Waals surface area contributed by atoms with Crippen LogP contribution in [0.25, 0.3) is 0 Å². The molecule has 1 heterocycles. The average Bonchev–Trinajstić information content (AvgIpc) is 2.65. The van der Waals surface area contributed by atoms with Crippen LogP contribution in [0.15, 0.2) is 29.4 Å². The number of para-hydroxylation sites is 1. The van der Waals surface area contributed by atoms with Crippen LogP contribution >= 0.6 is 0 Å². The number of hydrogen-bond donors (Lipinski definition) is 1. The van der Waals surface area contributed by atoms with Crippen LogP contribution in [0, 0.1) is 0 Å². The average molecular weight is 311 g/mol. The topological polar surface area (TPSA) is 73.2 Å². The second kappa shape index (κ2) is 6.03. The van der Waals surface area contributed by atoms with Gasteiger partial charge >= 0.3 is 10.2 Å². The van der Waals surface area contributed by atoms with Crippen molar-refractivity contribution in [3.8, 4) is 0 Å². The molecule has 1 N–H and O–H groups in total. The lowest BCUT2D eigenvalue weighted by atomic mass is 10.1. The maximum atomic E-state index is 12.8. The zero-order chi connectivity index (χ0) is 15.6. The molecule has 0 aromatic heterocycles. The van der Waals surface area contributed by atoms with Gasteiger partial charge in [-0.3, -0.25) is 4.31 Å². The highest BCUT2D eigenvalue weighted by Gasteiger charge is 2.32. The summed E-state index contributed by atoms with van der Waals surface area (Å²) in [5, 5.41) is 12.5. The van der Waals surface area contributed by atoms with Crippen molar-refractivity contribution < 1.29 is 13.6 Å². The summed E-state index contributed by atoms with van der Waals surface area (Å²) in [6, 6.07) is 7.01. The third-order valence-corrected chi connectivity index (χ3v) is 5.83. The number of fused-ring (bicyclic) bond motifs is 1. The minimum Gasteiger partial charge on any atom is -0.411 e. The third kappa shape index (κ3) is 2.89. The first-order chi connectivity index (χ1) is 9.89. The lowest BCUT2D eigenvalue weighted by Crippen LogP contribution is -2.45. The van der Waals surface area contributed by atoms with E-state index in [2.05, 4.69) is 5.16 Å². The van der Waals surface area contributed by atoms with Crippen LogP contribution in [0.4, 0.5) is 5.69 Å². The predicted octanol–water partition coefficient (Wildman–Crippen LogP) is 2.05. The largest absolute Gasteiger partial charge is 0.411 e. The molecule has 0 radical (unpaired) electrons. The first-order valence-corrected chi connectivity index (χ1v) is 8.35. The van der Waals surface area contributed by atoms with Crippen molar-refractivity contribution in [2.45, 2.75) is 32.7 Å². The van der Waals surface area contributed by atoms with Gasteiger partial charge in [0, 0.05) is 25.2 Å². The van der Waals surface area contributed by atoms with Crippen molar-refractivity contribution in [2.75, 3.05) is 17.9 Å². The molecule has 1 aromatic rings. The molecule has 0 atom stereocenters. The molecule has 0 unspecified atom stereocenters. The van der Waals surface area contributed by atoms with Crippen LogP contribution < -0.4 is 4.31 Å². The van der Waals surface area contributed by atoms with Crippen molar-refractivity contribution in [1.82, 2.24) is 4.31 Å². The second-order valence-electron chi connectivity index (χ2n) is 5.36. The van der Waals surface area contributed by atoms with Gasteiger partial charge in [-0.25, -0.2) is 0 Å². The summed E-state index contributed by atoms with van der Waals surface area (Å²) in [4.78, 5) is 0. The van der Waals surface area contributed by atoms with Gasteiger partial charge in [-0.05, 0) is 32.8 Å². The Morgan fingerprint density at radius 3 is 2.62 bits per heavy atom. The SMILES string of the molecule is CC(C)N(C)S(=O)(=O)N1CCC/C(=N/O)c2ccccc21. The van der Waals surface area contributed by atoms with E-state index in [4.69, 9.17) is 5.21 Å². The standard InChI is InChI=1S/C14H21N3O3S/c1-11(2)16(3)21(19,20)17-10-6-8-13(15-18)12-7-4-5-9-14(12)17/h4-5,7,9,11,18H,6,8,10H2,1-3H3/b15-13-. The molecule has 1 aliphatic rings. The minimum atomic E-state index is -3.60. The van der Waals surface area contributed by atoms with Crippen molar-refractivity contribution in [3.05, 3.63) is 29.8 Å². The smallest absolute Gasteiger partial charge is 0.304 e. The van der Waals surface area contributed by atoms with Crippen molar-refractivity contribution in [1.29, 1.82) is 0 Å². The summed E-state index contributed by atoms with van der Waals surface area (Å²) in [6.45, 7) is 4.04. The number of rotatable bonds is 3. The first kappa shape index (κ1) is 15.8. The van der Waals surface area contributed by atoms with Gasteiger partial charge in [0.1, 0.15) is 0 Å². The van der Waals surface area contributed by atoms with E-state index in [1.165, 1.54) is 8.61 Å². The zero-order valence-corrected chi connectivity index (χ0v) is 13.3. The van der Waals surface area contributed by atoms with E-state index in [0.29, 0.717) is 36.3 Å². The van der Waals surface area contributed by atoms with E-state index in [9.17, 15) is 8.42 Å². The van der Waals surface area contributed by atoms with Gasteiger partial charge in [0.2, 0.25) is 0 Å². The Hall–Kier alpha value is -1.60. The Labute approximate surface area is 125 Å². The molecule has 21 heavy (non-hydrogen) atoms. The third-order valence-electron chi connectivity index (χ3n) is 3.75. The van der Waals surface area contributed by atoms with Crippen LogP contribution in [0.3, 0.4) is 0 Å². The lowest BCUT2D eigenvalue weighted by molar-refractivity contribution is 0.318. The number of benzene rings is 1. The van der Waals surface area contributed by atoms with E-state index >= 15 is 0 Å². The van der Waals surface area contributed by atoms with Crippen LogP contribution in [-0.4, -0.2) is 43.3 Å². The second-order valence-corrected chi connectivity index (χ2v) is 7.27. The van der Waals surface area contributed by atoms with Crippen LogP contribution in [0.1, 0.15) is 32.3 Å². The molecule has 1 aromatic carbocycles. The van der Waals surface area contributed by atoms with Gasteiger partial charge in [0.25, 0.3) is 0 Å². The number of hydrogen-bond acceptors (Lipinski definition) is 4. The van der Waals surface area contributed by atoms with Gasteiger partial charge in [-0.1, -0.05) is 23.4 Å². The Morgan fingerprint density at radius 1 is 1.33 bits per heavy atom. The highest BCUT2D eigenvalue weighted by molar-refractivity contribution is 7.90.